The van der Waals surface area contributed by atoms with E-state index in [1.807, 2.05) is 97.1 Å². The zero-order valence-corrected chi connectivity index (χ0v) is 24.3. The molecule has 0 saturated heterocycles. The Bertz CT molecular complexity index is 2040. The molecular weight excluding hydrogens is 548 g/mol. The molecule has 1 aromatic heterocycles. The van der Waals surface area contributed by atoms with Crippen LogP contribution in [0.15, 0.2) is 144 Å². The number of para-hydroxylation sites is 2. The zero-order chi connectivity index (χ0) is 30.0. The number of phenols is 1. The van der Waals surface area contributed by atoms with Gasteiger partial charge in [-0.2, -0.15) is 0 Å². The molecule has 0 unspecified atom stereocenters. The standard InChI is InChI=1S/C38H30N2O4/c1-42-31-14-8-12-27(22-31)40(28-13-9-15-32(23-28)43-2)36-25-30(41)19-20-35(36)39(26-10-4-3-5-11-26)29-18-21-38-34(24-29)33-16-6-7-17-37(33)44-38/h3-25,41H,1-2H3. The van der Waals surface area contributed by atoms with Gasteiger partial charge in [-0.05, 0) is 72.8 Å². The van der Waals surface area contributed by atoms with Crippen LogP contribution in [0.2, 0.25) is 0 Å². The largest absolute Gasteiger partial charge is 0.508 e. The summed E-state index contributed by atoms with van der Waals surface area (Å²) >= 11 is 0. The second kappa shape index (κ2) is 11.4. The van der Waals surface area contributed by atoms with Crippen LogP contribution in [0.25, 0.3) is 21.9 Å². The molecule has 1 N–H and O–H groups in total. The van der Waals surface area contributed by atoms with E-state index < -0.39 is 0 Å². The summed E-state index contributed by atoms with van der Waals surface area (Å²) in [5, 5.41) is 13.0. The minimum absolute atomic E-state index is 0.142. The number of fused-ring (bicyclic) bond motifs is 3. The monoisotopic (exact) mass is 578 g/mol. The van der Waals surface area contributed by atoms with Gasteiger partial charge in [0.25, 0.3) is 0 Å². The van der Waals surface area contributed by atoms with Crippen molar-refractivity contribution in [3.63, 3.8) is 0 Å². The number of ether oxygens (including phenoxy) is 2. The lowest BCUT2D eigenvalue weighted by Gasteiger charge is -2.33. The smallest absolute Gasteiger partial charge is 0.135 e. The fourth-order valence-corrected chi connectivity index (χ4v) is 5.66. The summed E-state index contributed by atoms with van der Waals surface area (Å²) in [5.41, 5.74) is 6.89. The first-order chi connectivity index (χ1) is 21.6. The van der Waals surface area contributed by atoms with E-state index in [4.69, 9.17) is 13.9 Å². The first kappa shape index (κ1) is 27.0. The third-order valence-corrected chi connectivity index (χ3v) is 7.70. The van der Waals surface area contributed by atoms with Crippen LogP contribution in [0.3, 0.4) is 0 Å². The number of furan rings is 1. The van der Waals surface area contributed by atoms with E-state index in [2.05, 4.69) is 40.1 Å². The highest BCUT2D eigenvalue weighted by molar-refractivity contribution is 6.07. The van der Waals surface area contributed by atoms with Crippen molar-refractivity contribution in [3.8, 4) is 17.2 Å². The summed E-state index contributed by atoms with van der Waals surface area (Å²) in [4.78, 5) is 4.30. The highest BCUT2D eigenvalue weighted by atomic mass is 16.5. The van der Waals surface area contributed by atoms with Gasteiger partial charge < -0.3 is 28.8 Å². The molecule has 0 aliphatic heterocycles. The molecule has 7 aromatic rings. The second-order valence-electron chi connectivity index (χ2n) is 10.4. The van der Waals surface area contributed by atoms with Crippen LogP contribution in [0, 0.1) is 0 Å². The molecule has 0 bridgehead atoms. The maximum atomic E-state index is 10.9. The number of phenolic OH excluding ortho intramolecular Hbond substituents is 1. The molecule has 0 aliphatic rings. The summed E-state index contributed by atoms with van der Waals surface area (Å²) in [6.07, 6.45) is 0. The number of nitrogens with zero attached hydrogens (tertiary/aromatic N) is 2. The van der Waals surface area contributed by atoms with Gasteiger partial charge in [0.15, 0.2) is 0 Å². The van der Waals surface area contributed by atoms with Gasteiger partial charge in [-0.25, -0.2) is 0 Å². The summed E-state index contributed by atoms with van der Waals surface area (Å²) in [5.74, 6) is 1.58. The lowest BCUT2D eigenvalue weighted by Crippen LogP contribution is -2.17. The lowest BCUT2D eigenvalue weighted by atomic mass is 10.1. The van der Waals surface area contributed by atoms with E-state index >= 15 is 0 Å². The number of benzene rings is 6. The van der Waals surface area contributed by atoms with E-state index in [-0.39, 0.29) is 5.75 Å². The quantitative estimate of drug-likeness (QED) is 0.194. The van der Waals surface area contributed by atoms with Crippen LogP contribution < -0.4 is 19.3 Å². The first-order valence-corrected chi connectivity index (χ1v) is 14.3. The fraction of sp³-hybridized carbons (Fsp3) is 0.0526. The van der Waals surface area contributed by atoms with Crippen molar-refractivity contribution >= 4 is 56.1 Å². The van der Waals surface area contributed by atoms with Crippen LogP contribution in [0.5, 0.6) is 17.2 Å². The van der Waals surface area contributed by atoms with Gasteiger partial charge in [-0.3, -0.25) is 0 Å². The van der Waals surface area contributed by atoms with Gasteiger partial charge in [0.2, 0.25) is 0 Å². The van der Waals surface area contributed by atoms with Gasteiger partial charge in [0.05, 0.1) is 25.6 Å². The summed E-state index contributed by atoms with van der Waals surface area (Å²) in [6.45, 7) is 0. The highest BCUT2D eigenvalue weighted by Crippen LogP contribution is 2.48. The predicted octanol–water partition coefficient (Wildman–Crippen LogP) is 10.2. The SMILES string of the molecule is COc1cccc(N(c2cccc(OC)c2)c2cc(O)ccc2N(c2ccccc2)c2ccc3oc4ccccc4c3c2)c1. The molecule has 0 fully saturated rings. The second-order valence-corrected chi connectivity index (χ2v) is 10.4. The van der Waals surface area contributed by atoms with Crippen molar-refractivity contribution in [3.05, 3.63) is 140 Å². The Kier molecular flexibility index (Phi) is 7.00. The lowest BCUT2D eigenvalue weighted by molar-refractivity contribution is 0.414. The Morgan fingerprint density at radius 3 is 1.77 bits per heavy atom. The van der Waals surface area contributed by atoms with Crippen LogP contribution in [0.1, 0.15) is 0 Å². The molecule has 6 nitrogen and oxygen atoms in total. The molecule has 7 rings (SSSR count). The Morgan fingerprint density at radius 2 is 1.07 bits per heavy atom. The van der Waals surface area contributed by atoms with Gasteiger partial charge in [-0.15, -0.1) is 0 Å². The van der Waals surface area contributed by atoms with Gasteiger partial charge in [-0.1, -0.05) is 48.5 Å². The zero-order valence-electron chi connectivity index (χ0n) is 24.3. The fourth-order valence-electron chi connectivity index (χ4n) is 5.66. The predicted molar refractivity (Wildman–Crippen MR) is 178 cm³/mol. The molecule has 44 heavy (non-hydrogen) atoms. The van der Waals surface area contributed by atoms with Gasteiger partial charge >= 0.3 is 0 Å². The Labute approximate surface area is 255 Å². The number of methoxy groups -OCH3 is 2. The van der Waals surface area contributed by atoms with Crippen molar-refractivity contribution in [1.82, 2.24) is 0 Å². The molecule has 6 heteroatoms. The van der Waals surface area contributed by atoms with Crippen molar-refractivity contribution in [2.75, 3.05) is 24.0 Å². The third kappa shape index (κ3) is 4.92. The topological polar surface area (TPSA) is 58.3 Å². The van der Waals surface area contributed by atoms with Crippen LogP contribution in [-0.2, 0) is 0 Å². The van der Waals surface area contributed by atoms with Crippen LogP contribution >= 0.6 is 0 Å². The van der Waals surface area contributed by atoms with Crippen molar-refractivity contribution < 1.29 is 19.0 Å². The minimum atomic E-state index is 0.142. The number of aromatic hydroxyl groups is 1. The van der Waals surface area contributed by atoms with E-state index in [1.165, 1.54) is 0 Å². The van der Waals surface area contributed by atoms with Crippen molar-refractivity contribution in [1.29, 1.82) is 0 Å². The maximum absolute atomic E-state index is 10.9. The van der Waals surface area contributed by atoms with Gasteiger partial charge in [0, 0.05) is 51.7 Å². The normalized spacial score (nSPS) is 11.0. The van der Waals surface area contributed by atoms with Gasteiger partial charge in [0.1, 0.15) is 28.4 Å². The third-order valence-electron chi connectivity index (χ3n) is 7.70. The first-order valence-electron chi connectivity index (χ1n) is 14.3. The summed E-state index contributed by atoms with van der Waals surface area (Å²) < 4.78 is 17.4. The number of anilines is 6. The number of rotatable bonds is 8. The Balaban J connectivity index is 1.50. The molecule has 6 aromatic carbocycles. The molecule has 0 radical (unpaired) electrons. The molecular formula is C38H30N2O4. The Hall–Kier alpha value is -5.88. The molecule has 0 amide bonds. The van der Waals surface area contributed by atoms with Crippen molar-refractivity contribution in [2.24, 2.45) is 0 Å². The molecule has 0 atom stereocenters. The average Bonchev–Trinajstić information content (AvgIpc) is 3.45. The van der Waals surface area contributed by atoms with Crippen LogP contribution in [0.4, 0.5) is 34.1 Å². The Morgan fingerprint density at radius 1 is 0.477 bits per heavy atom. The summed E-state index contributed by atoms with van der Waals surface area (Å²) in [7, 11) is 3.31. The van der Waals surface area contributed by atoms with E-state index in [0.29, 0.717) is 11.5 Å². The number of hydrogen-bond acceptors (Lipinski definition) is 6. The summed E-state index contributed by atoms with van der Waals surface area (Å²) in [6, 6.07) is 45.7. The number of hydrogen-bond donors (Lipinski definition) is 1. The minimum Gasteiger partial charge on any atom is -0.508 e. The van der Waals surface area contributed by atoms with E-state index in [1.54, 1.807) is 26.4 Å². The molecule has 0 saturated carbocycles. The van der Waals surface area contributed by atoms with Crippen molar-refractivity contribution in [2.45, 2.75) is 0 Å². The van der Waals surface area contributed by atoms with E-state index in [9.17, 15) is 5.11 Å². The molecule has 0 aliphatic carbocycles. The molecule has 216 valence electrons. The molecule has 0 spiro atoms. The highest BCUT2D eigenvalue weighted by Gasteiger charge is 2.24. The maximum Gasteiger partial charge on any atom is 0.135 e. The van der Waals surface area contributed by atoms with Crippen LogP contribution in [-0.4, -0.2) is 19.3 Å². The average molecular weight is 579 g/mol. The molecule has 1 heterocycles. The van der Waals surface area contributed by atoms with E-state index in [0.717, 1.165) is 56.1 Å².